The molecule has 8 heteroatoms. The summed E-state index contributed by atoms with van der Waals surface area (Å²) in [5.74, 6) is -0.930. The van der Waals surface area contributed by atoms with Gasteiger partial charge in [-0.1, -0.05) is 17.7 Å². The smallest absolute Gasteiger partial charge is 0.266 e. The van der Waals surface area contributed by atoms with Crippen LogP contribution < -0.4 is 4.74 Å². The predicted octanol–water partition coefficient (Wildman–Crippen LogP) is 4.06. The zero-order chi connectivity index (χ0) is 21.8. The second kappa shape index (κ2) is 9.94. The number of morpholine rings is 1. The van der Waals surface area contributed by atoms with Gasteiger partial charge in [0.15, 0.2) is 0 Å². The maximum atomic E-state index is 14.5. The number of ether oxygens (including phenoxy) is 2. The largest absolute Gasteiger partial charge is 0.478 e. The van der Waals surface area contributed by atoms with Gasteiger partial charge >= 0.3 is 0 Å². The van der Waals surface area contributed by atoms with E-state index in [0.717, 1.165) is 63.9 Å². The summed E-state index contributed by atoms with van der Waals surface area (Å²) < 4.78 is 39.6. The highest BCUT2D eigenvalue weighted by Gasteiger charge is 2.50. The first-order valence-electron chi connectivity index (χ1n) is 10.5. The van der Waals surface area contributed by atoms with Crippen LogP contribution in [0.3, 0.4) is 0 Å². The third kappa shape index (κ3) is 5.17. The normalized spacial score (nSPS) is 21.8. The lowest BCUT2D eigenvalue weighted by Crippen LogP contribution is -2.61. The lowest BCUT2D eigenvalue weighted by molar-refractivity contribution is -0.164. The van der Waals surface area contributed by atoms with Gasteiger partial charge in [0.05, 0.1) is 13.2 Å². The number of rotatable bonds is 8. The van der Waals surface area contributed by atoms with Crippen molar-refractivity contribution in [2.45, 2.75) is 25.0 Å². The molecule has 0 aliphatic carbocycles. The van der Waals surface area contributed by atoms with Gasteiger partial charge in [0.25, 0.3) is 5.91 Å². The first-order chi connectivity index (χ1) is 15.0. The third-order valence-electron chi connectivity index (χ3n) is 5.71. The van der Waals surface area contributed by atoms with Crippen molar-refractivity contribution in [2.24, 2.45) is 0 Å². The summed E-state index contributed by atoms with van der Waals surface area (Å²) in [7, 11) is 0. The molecule has 166 valence electrons. The van der Waals surface area contributed by atoms with Crippen LogP contribution in [0.15, 0.2) is 42.5 Å². The molecule has 2 atom stereocenters. The van der Waals surface area contributed by atoms with Crippen molar-refractivity contribution in [1.82, 2.24) is 9.80 Å². The van der Waals surface area contributed by atoms with Crippen LogP contribution in [0.1, 0.15) is 24.4 Å². The van der Waals surface area contributed by atoms with Gasteiger partial charge in [-0.2, -0.15) is 0 Å². The molecular formula is C23H25ClF2N2O3. The summed E-state index contributed by atoms with van der Waals surface area (Å²) in [5.41, 5.74) is 0.125. The Balaban J connectivity index is 1.44. The van der Waals surface area contributed by atoms with Crippen molar-refractivity contribution < 1.29 is 23.0 Å². The van der Waals surface area contributed by atoms with E-state index in [9.17, 15) is 13.6 Å². The van der Waals surface area contributed by atoms with Crippen LogP contribution in [0.25, 0.3) is 0 Å². The standard InChI is InChI=1S/C23H25ClF2N2O3/c24-16-4-3-5-18(14-16)31-22-21(19-15-17(25)6-7-20(19)26)28(23(22)29)9-2-1-8-27-10-12-30-13-11-27/h3-7,14-15,21-22H,1-2,8-13H2. The van der Waals surface area contributed by atoms with Crippen molar-refractivity contribution in [3.05, 3.63) is 64.7 Å². The van der Waals surface area contributed by atoms with Crippen LogP contribution in [0, 0.1) is 11.6 Å². The van der Waals surface area contributed by atoms with Gasteiger partial charge in [-0.3, -0.25) is 9.69 Å². The summed E-state index contributed by atoms with van der Waals surface area (Å²) in [5, 5.41) is 0.470. The summed E-state index contributed by atoms with van der Waals surface area (Å²) in [4.78, 5) is 16.8. The van der Waals surface area contributed by atoms with Crippen molar-refractivity contribution in [1.29, 1.82) is 0 Å². The van der Waals surface area contributed by atoms with Crippen molar-refractivity contribution >= 4 is 17.5 Å². The predicted molar refractivity (Wildman–Crippen MR) is 113 cm³/mol. The Kier molecular flexibility index (Phi) is 7.05. The van der Waals surface area contributed by atoms with E-state index in [2.05, 4.69) is 4.90 Å². The molecule has 2 saturated heterocycles. The van der Waals surface area contributed by atoms with Gasteiger partial charge in [0.1, 0.15) is 23.4 Å². The molecule has 4 rings (SSSR count). The minimum Gasteiger partial charge on any atom is -0.478 e. The molecule has 2 heterocycles. The highest BCUT2D eigenvalue weighted by atomic mass is 35.5. The molecule has 2 aromatic rings. The van der Waals surface area contributed by atoms with Crippen molar-refractivity contribution in [2.75, 3.05) is 39.4 Å². The fourth-order valence-corrected chi connectivity index (χ4v) is 4.26. The Morgan fingerprint density at radius 3 is 2.61 bits per heavy atom. The second-order valence-electron chi connectivity index (χ2n) is 7.80. The molecule has 0 saturated carbocycles. The molecule has 0 radical (unpaired) electrons. The zero-order valence-corrected chi connectivity index (χ0v) is 17.9. The monoisotopic (exact) mass is 450 g/mol. The summed E-state index contributed by atoms with van der Waals surface area (Å²) >= 11 is 6.01. The quantitative estimate of drug-likeness (QED) is 0.449. The topological polar surface area (TPSA) is 42.0 Å². The first kappa shape index (κ1) is 22.0. The summed E-state index contributed by atoms with van der Waals surface area (Å²) in [6, 6.07) is 9.29. The number of likely N-dealkylation sites (tertiary alicyclic amines) is 1. The molecular weight excluding hydrogens is 426 g/mol. The van der Waals surface area contributed by atoms with E-state index in [4.69, 9.17) is 21.1 Å². The fraction of sp³-hybridized carbons (Fsp3) is 0.435. The van der Waals surface area contributed by atoms with Crippen LogP contribution in [0.2, 0.25) is 5.02 Å². The maximum absolute atomic E-state index is 14.5. The molecule has 5 nitrogen and oxygen atoms in total. The fourth-order valence-electron chi connectivity index (χ4n) is 4.08. The molecule has 0 spiro atoms. The Bertz CT molecular complexity index is 923. The number of β-lactam (4-membered cyclic amide) rings is 1. The lowest BCUT2D eigenvalue weighted by Gasteiger charge is -2.47. The van der Waals surface area contributed by atoms with Gasteiger partial charge < -0.3 is 14.4 Å². The van der Waals surface area contributed by atoms with Crippen molar-refractivity contribution in [3.63, 3.8) is 0 Å². The molecule has 2 fully saturated rings. The van der Waals surface area contributed by atoms with Crippen LogP contribution in [0.5, 0.6) is 5.75 Å². The number of hydrogen-bond acceptors (Lipinski definition) is 4. The molecule has 0 N–H and O–H groups in total. The Labute approximate surface area is 185 Å². The molecule has 2 aromatic carbocycles. The Morgan fingerprint density at radius 2 is 1.84 bits per heavy atom. The Morgan fingerprint density at radius 1 is 1.06 bits per heavy atom. The average Bonchev–Trinajstić information content (AvgIpc) is 2.77. The molecule has 31 heavy (non-hydrogen) atoms. The van der Waals surface area contributed by atoms with E-state index in [1.165, 1.54) is 0 Å². The minimum absolute atomic E-state index is 0.125. The van der Waals surface area contributed by atoms with Gasteiger partial charge in [-0.15, -0.1) is 0 Å². The van der Waals surface area contributed by atoms with E-state index in [-0.39, 0.29) is 11.5 Å². The second-order valence-corrected chi connectivity index (χ2v) is 8.24. The number of nitrogens with zero attached hydrogens (tertiary/aromatic N) is 2. The molecule has 0 bridgehead atoms. The number of amides is 1. The molecule has 0 aromatic heterocycles. The number of halogens is 3. The molecule has 2 aliphatic rings. The minimum atomic E-state index is -0.922. The SMILES string of the molecule is O=C1C(Oc2cccc(Cl)c2)C(c2cc(F)ccc2F)N1CCCCN1CCOCC1. The number of carbonyl (C=O) groups excluding carboxylic acids is 1. The molecule has 2 aliphatic heterocycles. The lowest BCUT2D eigenvalue weighted by atomic mass is 9.89. The van der Waals surface area contributed by atoms with Crippen LogP contribution in [0.4, 0.5) is 8.78 Å². The zero-order valence-electron chi connectivity index (χ0n) is 17.1. The van der Waals surface area contributed by atoms with Crippen LogP contribution in [-0.4, -0.2) is 61.2 Å². The van der Waals surface area contributed by atoms with Gasteiger partial charge in [-0.25, -0.2) is 8.78 Å². The van der Waals surface area contributed by atoms with Gasteiger partial charge in [-0.05, 0) is 55.8 Å². The highest BCUT2D eigenvalue weighted by molar-refractivity contribution is 6.30. The highest BCUT2D eigenvalue weighted by Crippen LogP contribution is 2.39. The summed E-state index contributed by atoms with van der Waals surface area (Å²) in [6.45, 7) is 4.69. The van der Waals surface area contributed by atoms with E-state index in [0.29, 0.717) is 17.3 Å². The maximum Gasteiger partial charge on any atom is 0.266 e. The van der Waals surface area contributed by atoms with Gasteiger partial charge in [0.2, 0.25) is 6.10 Å². The molecule has 1 amide bonds. The Hall–Kier alpha value is -2.22. The van der Waals surface area contributed by atoms with Crippen LogP contribution in [-0.2, 0) is 9.53 Å². The molecule has 2 unspecified atom stereocenters. The van der Waals surface area contributed by atoms with E-state index < -0.39 is 23.8 Å². The van der Waals surface area contributed by atoms with Gasteiger partial charge in [0, 0.05) is 30.2 Å². The first-order valence-corrected chi connectivity index (χ1v) is 10.9. The van der Waals surface area contributed by atoms with Crippen molar-refractivity contribution in [3.8, 4) is 5.75 Å². The number of carbonyl (C=O) groups is 1. The summed E-state index contributed by atoms with van der Waals surface area (Å²) in [6.07, 6.45) is 0.747. The third-order valence-corrected chi connectivity index (χ3v) is 5.95. The average molecular weight is 451 g/mol. The van der Waals surface area contributed by atoms with E-state index in [1.54, 1.807) is 29.2 Å². The number of hydrogen-bond donors (Lipinski definition) is 0. The van der Waals surface area contributed by atoms with E-state index >= 15 is 0 Å². The number of benzene rings is 2. The van der Waals surface area contributed by atoms with Crippen LogP contribution >= 0.6 is 11.6 Å². The number of unbranched alkanes of at least 4 members (excludes halogenated alkanes) is 1. The van der Waals surface area contributed by atoms with E-state index in [1.807, 2.05) is 0 Å².